The zero-order valence-corrected chi connectivity index (χ0v) is 14.3. The van der Waals surface area contributed by atoms with E-state index in [2.05, 4.69) is 57.7 Å². The minimum absolute atomic E-state index is 0.365. The highest BCUT2D eigenvalue weighted by Gasteiger charge is 2.29. The van der Waals surface area contributed by atoms with E-state index in [0.717, 1.165) is 31.1 Å². The Bertz CT molecular complexity index is 467. The Morgan fingerprint density at radius 3 is 2.38 bits per heavy atom. The Balaban J connectivity index is 1.93. The molecule has 1 unspecified atom stereocenters. The lowest BCUT2D eigenvalue weighted by atomic mass is 9.75. The van der Waals surface area contributed by atoms with Crippen LogP contribution in [0, 0.1) is 25.2 Å². The van der Waals surface area contributed by atoms with Crippen molar-refractivity contribution in [2.24, 2.45) is 11.3 Å². The monoisotopic (exact) mass is 289 g/mol. The molecule has 0 aliphatic carbocycles. The van der Waals surface area contributed by atoms with E-state index in [0.29, 0.717) is 5.41 Å². The highest BCUT2D eigenvalue weighted by molar-refractivity contribution is 5.32. The van der Waals surface area contributed by atoms with E-state index in [1.54, 1.807) is 0 Å². The van der Waals surface area contributed by atoms with E-state index >= 15 is 0 Å². The molecule has 1 aromatic rings. The second-order valence-electron chi connectivity index (χ2n) is 7.82. The van der Waals surface area contributed by atoms with Gasteiger partial charge in [0.1, 0.15) is 0 Å². The van der Waals surface area contributed by atoms with Crippen LogP contribution in [0.15, 0.2) is 18.2 Å². The Morgan fingerprint density at radius 1 is 1.19 bits per heavy atom. The third kappa shape index (κ3) is 4.31. The third-order valence-electron chi connectivity index (χ3n) is 5.04. The molecule has 1 N–H and O–H groups in total. The van der Waals surface area contributed by atoms with E-state index in [1.165, 1.54) is 24.0 Å². The highest BCUT2D eigenvalue weighted by atomic mass is 16.3. The van der Waals surface area contributed by atoms with E-state index in [4.69, 9.17) is 0 Å². The molecule has 2 heteroatoms. The first-order valence-corrected chi connectivity index (χ1v) is 8.25. The molecule has 1 aliphatic rings. The quantitative estimate of drug-likeness (QED) is 0.905. The summed E-state index contributed by atoms with van der Waals surface area (Å²) in [6.45, 7) is 14.2. The van der Waals surface area contributed by atoms with Gasteiger partial charge in [0.25, 0.3) is 0 Å². The maximum Gasteiger partial charge on any atom is 0.0919 e. The lowest BCUT2D eigenvalue weighted by Gasteiger charge is -2.39. The van der Waals surface area contributed by atoms with Gasteiger partial charge < -0.3 is 10.0 Å². The van der Waals surface area contributed by atoms with E-state index in [1.807, 2.05) is 0 Å². The topological polar surface area (TPSA) is 23.5 Å². The molecule has 1 atom stereocenters. The van der Waals surface area contributed by atoms with E-state index in [9.17, 15) is 5.11 Å². The SMILES string of the molecule is Cc1ccc(C)c(C(O)CN2CCC(C(C)(C)C)CC2)c1. The van der Waals surface area contributed by atoms with E-state index in [-0.39, 0.29) is 6.10 Å². The standard InChI is InChI=1S/C19H31NO/c1-14-6-7-15(2)17(12-14)18(21)13-20-10-8-16(9-11-20)19(3,4)5/h6-7,12,16,18,21H,8-11,13H2,1-5H3. The van der Waals surface area contributed by atoms with Crippen molar-refractivity contribution in [1.29, 1.82) is 0 Å². The Labute approximate surface area is 130 Å². The molecule has 1 heterocycles. The first kappa shape index (κ1) is 16.5. The van der Waals surface area contributed by atoms with Crippen LogP contribution in [0.25, 0.3) is 0 Å². The molecule has 1 aliphatic heterocycles. The number of likely N-dealkylation sites (tertiary alicyclic amines) is 1. The summed E-state index contributed by atoms with van der Waals surface area (Å²) >= 11 is 0. The molecule has 0 spiro atoms. The van der Waals surface area contributed by atoms with Crippen molar-refractivity contribution in [3.8, 4) is 0 Å². The second-order valence-corrected chi connectivity index (χ2v) is 7.82. The van der Waals surface area contributed by atoms with Gasteiger partial charge in [-0.05, 0) is 62.2 Å². The van der Waals surface area contributed by atoms with Crippen molar-refractivity contribution in [2.75, 3.05) is 19.6 Å². The lowest BCUT2D eigenvalue weighted by Crippen LogP contribution is -2.40. The number of aliphatic hydroxyl groups excluding tert-OH is 1. The Morgan fingerprint density at radius 2 is 1.81 bits per heavy atom. The molecular weight excluding hydrogens is 258 g/mol. The first-order valence-electron chi connectivity index (χ1n) is 8.25. The van der Waals surface area contributed by atoms with Crippen molar-refractivity contribution in [1.82, 2.24) is 4.90 Å². The number of nitrogens with zero attached hydrogens (tertiary/aromatic N) is 1. The molecule has 0 amide bonds. The van der Waals surface area contributed by atoms with Crippen molar-refractivity contribution >= 4 is 0 Å². The summed E-state index contributed by atoms with van der Waals surface area (Å²) < 4.78 is 0. The van der Waals surface area contributed by atoms with Crippen LogP contribution in [0.2, 0.25) is 0 Å². The van der Waals surface area contributed by atoms with Crippen LogP contribution in [0.5, 0.6) is 0 Å². The maximum atomic E-state index is 10.6. The Kier molecular flexibility index (Phi) is 5.11. The summed E-state index contributed by atoms with van der Waals surface area (Å²) in [6.07, 6.45) is 2.14. The van der Waals surface area contributed by atoms with E-state index < -0.39 is 0 Å². The molecular formula is C19H31NO. The number of benzene rings is 1. The molecule has 1 fully saturated rings. The summed E-state index contributed by atoms with van der Waals surface area (Å²) in [6, 6.07) is 6.35. The summed E-state index contributed by atoms with van der Waals surface area (Å²) in [5.41, 5.74) is 3.92. The van der Waals surface area contributed by atoms with Crippen LogP contribution < -0.4 is 0 Å². The minimum atomic E-state index is -0.365. The van der Waals surface area contributed by atoms with Crippen molar-refractivity contribution in [3.63, 3.8) is 0 Å². The largest absolute Gasteiger partial charge is 0.387 e. The van der Waals surface area contributed by atoms with Gasteiger partial charge in [0, 0.05) is 6.54 Å². The molecule has 1 aromatic carbocycles. The van der Waals surface area contributed by atoms with Gasteiger partial charge in [0.2, 0.25) is 0 Å². The molecule has 2 rings (SSSR count). The molecule has 2 nitrogen and oxygen atoms in total. The van der Waals surface area contributed by atoms with Crippen LogP contribution >= 0.6 is 0 Å². The van der Waals surface area contributed by atoms with Crippen LogP contribution in [0.1, 0.15) is 56.4 Å². The first-order chi connectivity index (χ1) is 9.77. The molecule has 118 valence electrons. The fraction of sp³-hybridized carbons (Fsp3) is 0.684. The summed E-state index contributed by atoms with van der Waals surface area (Å²) in [5, 5.41) is 10.6. The highest BCUT2D eigenvalue weighted by Crippen LogP contribution is 2.34. The third-order valence-corrected chi connectivity index (χ3v) is 5.04. The molecule has 0 aromatic heterocycles. The average Bonchev–Trinajstić information content (AvgIpc) is 2.41. The maximum absolute atomic E-state index is 10.6. The predicted octanol–water partition coefficient (Wildman–Crippen LogP) is 4.09. The van der Waals surface area contributed by atoms with Gasteiger partial charge >= 0.3 is 0 Å². The summed E-state index contributed by atoms with van der Waals surface area (Å²) in [4.78, 5) is 2.43. The number of β-amino-alcohol motifs (C(OH)–C–C–N with tert-alkyl or cyclic N) is 1. The van der Waals surface area contributed by atoms with Gasteiger partial charge in [0.15, 0.2) is 0 Å². The van der Waals surface area contributed by atoms with Crippen LogP contribution in [-0.2, 0) is 0 Å². The van der Waals surface area contributed by atoms with Crippen LogP contribution in [-0.4, -0.2) is 29.6 Å². The second kappa shape index (κ2) is 6.50. The minimum Gasteiger partial charge on any atom is -0.387 e. The number of hydrogen-bond donors (Lipinski definition) is 1. The number of hydrogen-bond acceptors (Lipinski definition) is 2. The normalized spacial score (nSPS) is 19.7. The van der Waals surface area contributed by atoms with Gasteiger partial charge in [-0.1, -0.05) is 44.5 Å². The molecule has 0 saturated carbocycles. The van der Waals surface area contributed by atoms with Crippen molar-refractivity contribution in [3.05, 3.63) is 34.9 Å². The number of aliphatic hydroxyl groups is 1. The van der Waals surface area contributed by atoms with Crippen molar-refractivity contribution < 1.29 is 5.11 Å². The van der Waals surface area contributed by atoms with Gasteiger partial charge in [0.05, 0.1) is 6.10 Å². The summed E-state index contributed by atoms with van der Waals surface area (Å²) in [7, 11) is 0. The Hall–Kier alpha value is -0.860. The summed E-state index contributed by atoms with van der Waals surface area (Å²) in [5.74, 6) is 0.812. The smallest absolute Gasteiger partial charge is 0.0919 e. The molecule has 0 bridgehead atoms. The van der Waals surface area contributed by atoms with Gasteiger partial charge in [-0.3, -0.25) is 0 Å². The number of aryl methyl sites for hydroxylation is 2. The van der Waals surface area contributed by atoms with Gasteiger partial charge in [-0.25, -0.2) is 0 Å². The van der Waals surface area contributed by atoms with Crippen LogP contribution in [0.4, 0.5) is 0 Å². The number of rotatable bonds is 3. The zero-order chi connectivity index (χ0) is 15.6. The molecule has 0 radical (unpaired) electrons. The zero-order valence-electron chi connectivity index (χ0n) is 14.3. The van der Waals surface area contributed by atoms with Gasteiger partial charge in [-0.15, -0.1) is 0 Å². The lowest BCUT2D eigenvalue weighted by molar-refractivity contribution is 0.0650. The average molecular weight is 289 g/mol. The fourth-order valence-corrected chi connectivity index (χ4v) is 3.44. The van der Waals surface area contributed by atoms with Gasteiger partial charge in [-0.2, -0.15) is 0 Å². The predicted molar refractivity (Wildman–Crippen MR) is 89.5 cm³/mol. The number of piperidine rings is 1. The fourth-order valence-electron chi connectivity index (χ4n) is 3.44. The van der Waals surface area contributed by atoms with Crippen molar-refractivity contribution in [2.45, 2.75) is 53.6 Å². The van der Waals surface area contributed by atoms with Crippen LogP contribution in [0.3, 0.4) is 0 Å². The molecule has 21 heavy (non-hydrogen) atoms. The molecule has 1 saturated heterocycles.